The minimum atomic E-state index is 0.670. The summed E-state index contributed by atoms with van der Waals surface area (Å²) in [6, 6.07) is 148. The maximum Gasteiger partial charge on any atom is 0.164 e. The molecule has 16 aromatic carbocycles. The highest BCUT2D eigenvalue weighted by Gasteiger charge is 2.20. The predicted molar refractivity (Wildman–Crippen MR) is 505 cm³/mol. The van der Waals surface area contributed by atoms with Crippen LogP contribution in [0.2, 0.25) is 0 Å². The molecule has 0 fully saturated rings. The summed E-state index contributed by atoms with van der Waals surface area (Å²) in [5.41, 5.74) is 26.1. The quantitative estimate of drug-likeness (QED) is 0.0904. The summed E-state index contributed by atoms with van der Waals surface area (Å²) in [6.07, 6.45) is 0. The van der Waals surface area contributed by atoms with Crippen molar-refractivity contribution in [2.24, 2.45) is 0 Å². The minimum Gasteiger partial charge on any atom is -0.208 e. The van der Waals surface area contributed by atoms with E-state index in [1.54, 1.807) is 0 Å². The maximum atomic E-state index is 4.84. The molecule has 0 spiro atoms. The van der Waals surface area contributed by atoms with Gasteiger partial charge in [-0.2, -0.15) is 0 Å². The summed E-state index contributed by atoms with van der Waals surface area (Å²) in [5.74, 6) is 8.09. The average Bonchev–Trinajstić information content (AvgIpc) is 0.803. The van der Waals surface area contributed by atoms with Crippen LogP contribution in [0, 0.1) is 27.7 Å². The van der Waals surface area contributed by atoms with Gasteiger partial charge < -0.3 is 0 Å². The third-order valence-corrected chi connectivity index (χ3v) is 21.1. The molecule has 20 aromatic rings. The second-order valence-electron chi connectivity index (χ2n) is 29.7. The van der Waals surface area contributed by atoms with Crippen molar-refractivity contribution in [3.05, 3.63) is 459 Å². The molecule has 124 heavy (non-hydrogen) atoms. The molecule has 12 nitrogen and oxygen atoms in total. The molecule has 0 saturated heterocycles. The summed E-state index contributed by atoms with van der Waals surface area (Å²) < 4.78 is 0. The van der Waals surface area contributed by atoms with Gasteiger partial charge in [-0.3, -0.25) is 0 Å². The molecule has 0 aliphatic rings. The fraction of sp³-hybridized carbons (Fsp3) is 0.0357. The van der Waals surface area contributed by atoms with Crippen LogP contribution in [0.4, 0.5) is 0 Å². The van der Waals surface area contributed by atoms with Gasteiger partial charge in [0.05, 0.1) is 0 Å². The lowest BCUT2D eigenvalue weighted by Crippen LogP contribution is -2.01. The molecule has 0 radical (unpaired) electrons. The van der Waals surface area contributed by atoms with Gasteiger partial charge in [-0.1, -0.05) is 425 Å². The van der Waals surface area contributed by atoms with Crippen molar-refractivity contribution in [2.75, 3.05) is 0 Å². The Labute approximate surface area is 723 Å². The summed E-state index contributed by atoms with van der Waals surface area (Å²) in [5, 5.41) is 0. The van der Waals surface area contributed by atoms with Gasteiger partial charge in [0.25, 0.3) is 0 Å². The van der Waals surface area contributed by atoms with E-state index in [1.807, 2.05) is 255 Å². The van der Waals surface area contributed by atoms with E-state index < -0.39 is 0 Å². The summed E-state index contributed by atoms with van der Waals surface area (Å²) in [4.78, 5) is 57.7. The topological polar surface area (TPSA) is 155 Å². The average molecular weight is 1600 g/mol. The molecule has 0 aliphatic heterocycles. The Morgan fingerprint density at radius 2 is 0.315 bits per heavy atom. The van der Waals surface area contributed by atoms with E-state index in [0.29, 0.717) is 69.9 Å². The molecule has 0 saturated carbocycles. The molecule has 12 heteroatoms. The Hall–Kier alpha value is -16.4. The lowest BCUT2D eigenvalue weighted by Gasteiger charge is -2.11. The van der Waals surface area contributed by atoms with Gasteiger partial charge in [0.1, 0.15) is 0 Å². The zero-order valence-electron chi connectivity index (χ0n) is 68.9. The number of nitrogens with zero attached hydrogens (tertiary/aromatic N) is 12. The first-order valence-corrected chi connectivity index (χ1v) is 41.2. The van der Waals surface area contributed by atoms with Gasteiger partial charge in [0.15, 0.2) is 69.9 Å². The molecule has 0 aliphatic carbocycles. The van der Waals surface area contributed by atoms with Crippen molar-refractivity contribution >= 4 is 0 Å². The zero-order chi connectivity index (χ0) is 84.2. The van der Waals surface area contributed by atoms with Gasteiger partial charge >= 0.3 is 0 Å². The second-order valence-corrected chi connectivity index (χ2v) is 29.7. The molecule has 4 aromatic heterocycles. The Morgan fingerprint density at radius 1 is 0.105 bits per heavy atom. The van der Waals surface area contributed by atoms with Gasteiger partial charge in [-0.15, -0.1) is 0 Å². The molecule has 20 rings (SSSR count). The highest BCUT2D eigenvalue weighted by molar-refractivity contribution is 5.79. The Kier molecular flexibility index (Phi) is 24.9. The van der Waals surface area contributed by atoms with Gasteiger partial charge in [0.2, 0.25) is 0 Å². The molecule has 592 valence electrons. The molecular formula is C112H84N12. The van der Waals surface area contributed by atoms with Crippen LogP contribution >= 0.6 is 0 Å². The molecular weight excluding hydrogens is 1510 g/mol. The first-order chi connectivity index (χ1) is 61.1. The van der Waals surface area contributed by atoms with Crippen LogP contribution in [-0.2, 0) is 0 Å². The number of benzene rings is 16. The van der Waals surface area contributed by atoms with E-state index in [2.05, 4.69) is 210 Å². The first-order valence-electron chi connectivity index (χ1n) is 41.2. The van der Waals surface area contributed by atoms with Crippen LogP contribution in [0.5, 0.6) is 0 Å². The molecule has 0 atom stereocenters. The lowest BCUT2D eigenvalue weighted by molar-refractivity contribution is 1.07. The normalized spacial score (nSPS) is 10.7. The van der Waals surface area contributed by atoms with E-state index in [-0.39, 0.29) is 0 Å². The van der Waals surface area contributed by atoms with E-state index in [4.69, 9.17) is 59.8 Å². The van der Waals surface area contributed by atoms with Crippen molar-refractivity contribution in [3.63, 3.8) is 0 Å². The minimum absolute atomic E-state index is 0.670. The number of hydrogen-bond acceptors (Lipinski definition) is 12. The number of aromatic nitrogens is 12. The van der Waals surface area contributed by atoms with Crippen molar-refractivity contribution in [3.8, 4) is 181 Å². The second kappa shape index (κ2) is 38.5. The highest BCUT2D eigenvalue weighted by Crippen LogP contribution is 2.36. The van der Waals surface area contributed by atoms with Crippen LogP contribution in [0.1, 0.15) is 22.3 Å². The molecule has 0 unspecified atom stereocenters. The number of hydrogen-bond donors (Lipinski definition) is 0. The van der Waals surface area contributed by atoms with Crippen molar-refractivity contribution in [1.82, 2.24) is 59.8 Å². The molecule has 0 N–H and O–H groups in total. The SMILES string of the molecule is Cc1cc(-c2ccccc2)ccc1-c1nc(-c2ccccc2)nc(-c2ccccc2)n1.Cc1ccc(-c2nc(-c3ccccc3)nc(-c3ccccc3)n2)cc1-c1ccccc1.Cc1ccccc1-c1ccc(-c2nc(-c3ccccc3)nc(-c3ccccc3)n2)cc1.Cc1ccccc1-c1cccc(-c2nc(-c3ccccc3)nc(-c3ccccc3)n2)c1. The lowest BCUT2D eigenvalue weighted by atomic mass is 9.98. The van der Waals surface area contributed by atoms with Crippen LogP contribution in [0.15, 0.2) is 437 Å². The number of aryl methyl sites for hydroxylation is 4. The van der Waals surface area contributed by atoms with Gasteiger partial charge in [-0.05, 0) is 107 Å². The van der Waals surface area contributed by atoms with Crippen molar-refractivity contribution in [1.29, 1.82) is 0 Å². The van der Waals surface area contributed by atoms with Crippen LogP contribution in [-0.4, -0.2) is 59.8 Å². The van der Waals surface area contributed by atoms with Gasteiger partial charge in [-0.25, -0.2) is 59.8 Å². The largest absolute Gasteiger partial charge is 0.208 e. The molecule has 0 amide bonds. The van der Waals surface area contributed by atoms with E-state index in [9.17, 15) is 0 Å². The fourth-order valence-corrected chi connectivity index (χ4v) is 14.6. The Bertz CT molecular complexity index is 6730. The fourth-order valence-electron chi connectivity index (χ4n) is 14.6. The first kappa shape index (κ1) is 80.0. The molecule has 4 heterocycles. The van der Waals surface area contributed by atoms with Crippen LogP contribution < -0.4 is 0 Å². The summed E-state index contributed by atoms with van der Waals surface area (Å²) in [7, 11) is 0. The third kappa shape index (κ3) is 19.5. The molecule has 0 bridgehead atoms. The monoisotopic (exact) mass is 1600 g/mol. The van der Waals surface area contributed by atoms with Crippen molar-refractivity contribution < 1.29 is 0 Å². The van der Waals surface area contributed by atoms with Crippen LogP contribution in [0.3, 0.4) is 0 Å². The standard InChI is InChI=1S/4C28H21N3/c1-20-19-24(21-11-5-2-6-12-21)17-18-25(20)28-30-26(22-13-7-3-8-14-22)29-27(31-28)23-15-9-4-10-16-23;1-20-17-18-24(19-25(20)21-11-5-2-6-12-21)28-30-26(22-13-7-3-8-14-22)29-27(31-28)23-15-9-4-10-16-23;1-20-11-8-9-18-25(20)23-16-10-17-24(19-23)28-30-26(21-12-4-2-5-13-21)29-27(31-28)22-14-6-3-7-15-22;1-20-10-8-9-15-25(20)21-16-18-24(19-17-21)28-30-26(22-11-4-2-5-12-22)29-27(31-28)23-13-6-3-7-14-23/h4*2-19H,1H3. The zero-order valence-corrected chi connectivity index (χ0v) is 68.9. The Morgan fingerprint density at radius 3 is 0.637 bits per heavy atom. The number of rotatable bonds is 16. The van der Waals surface area contributed by atoms with E-state index in [1.165, 1.54) is 55.6 Å². The van der Waals surface area contributed by atoms with Gasteiger partial charge in [0, 0.05) is 66.8 Å². The van der Waals surface area contributed by atoms with E-state index in [0.717, 1.165) is 77.9 Å². The van der Waals surface area contributed by atoms with E-state index >= 15 is 0 Å². The van der Waals surface area contributed by atoms with Crippen LogP contribution in [0.25, 0.3) is 181 Å². The smallest absolute Gasteiger partial charge is 0.164 e. The predicted octanol–water partition coefficient (Wildman–Crippen LogP) is 27.4. The Balaban J connectivity index is 0.000000117. The van der Waals surface area contributed by atoms with Crippen molar-refractivity contribution in [2.45, 2.75) is 27.7 Å². The maximum absolute atomic E-state index is 4.84. The summed E-state index contributed by atoms with van der Waals surface area (Å²) in [6.45, 7) is 8.50. The highest BCUT2D eigenvalue weighted by atomic mass is 15.1. The third-order valence-electron chi connectivity index (χ3n) is 21.1. The summed E-state index contributed by atoms with van der Waals surface area (Å²) >= 11 is 0.